The van der Waals surface area contributed by atoms with Crippen molar-refractivity contribution in [1.29, 1.82) is 0 Å². The molecule has 0 aliphatic carbocycles. The van der Waals surface area contributed by atoms with E-state index in [2.05, 4.69) is 27.8 Å². The number of benzene rings is 1. The Morgan fingerprint density at radius 3 is 2.58 bits per heavy atom. The minimum atomic E-state index is 0. The predicted molar refractivity (Wildman–Crippen MR) is 93.6 cm³/mol. The van der Waals surface area contributed by atoms with E-state index in [1.165, 1.54) is 6.33 Å². The molecule has 0 spiro atoms. The van der Waals surface area contributed by atoms with Gasteiger partial charge in [-0.25, -0.2) is 4.68 Å². The summed E-state index contributed by atoms with van der Waals surface area (Å²) in [4.78, 5) is 14.9. The summed E-state index contributed by atoms with van der Waals surface area (Å²) in [6, 6.07) is 7.78. The van der Waals surface area contributed by atoms with Gasteiger partial charge in [0.05, 0.1) is 5.69 Å². The number of carbonyl (C=O) groups is 1. The van der Waals surface area contributed by atoms with Crippen LogP contribution in [0.2, 0.25) is 0 Å². The number of carbonyl (C=O) groups excluding carboxylic acids is 1. The Hall–Kier alpha value is -1.99. The fourth-order valence-corrected chi connectivity index (χ4v) is 3.01. The van der Waals surface area contributed by atoms with Crippen molar-refractivity contribution in [1.82, 2.24) is 30.4 Å². The van der Waals surface area contributed by atoms with E-state index < -0.39 is 0 Å². The van der Waals surface area contributed by atoms with Gasteiger partial charge in [-0.15, -0.1) is 17.5 Å². The highest BCUT2D eigenvalue weighted by Crippen LogP contribution is 2.17. The van der Waals surface area contributed by atoms with Crippen molar-refractivity contribution in [2.75, 3.05) is 19.6 Å². The van der Waals surface area contributed by atoms with Crippen LogP contribution in [0.25, 0.3) is 5.69 Å². The highest BCUT2D eigenvalue weighted by molar-refractivity contribution is 5.94. The van der Waals surface area contributed by atoms with Crippen LogP contribution in [-0.4, -0.2) is 56.7 Å². The van der Waals surface area contributed by atoms with E-state index in [0.717, 1.165) is 44.6 Å². The molecule has 1 aliphatic rings. The van der Waals surface area contributed by atoms with Gasteiger partial charge in [0.25, 0.3) is 5.91 Å². The molecule has 1 saturated heterocycles. The number of hydrogen-bond donors (Lipinski definition) is 1. The van der Waals surface area contributed by atoms with Gasteiger partial charge in [-0.1, -0.05) is 6.92 Å². The number of amides is 1. The number of nitrogens with zero attached hydrogens (tertiary/aromatic N) is 5. The molecule has 1 aromatic carbocycles. The lowest BCUT2D eigenvalue weighted by Gasteiger charge is -2.34. The van der Waals surface area contributed by atoms with Gasteiger partial charge in [0, 0.05) is 18.2 Å². The maximum atomic E-state index is 12.9. The normalized spacial score (nSPS) is 14.9. The van der Waals surface area contributed by atoms with Crippen molar-refractivity contribution < 1.29 is 4.79 Å². The lowest BCUT2D eigenvalue weighted by molar-refractivity contribution is 0.0642. The van der Waals surface area contributed by atoms with Crippen molar-refractivity contribution in [3.63, 3.8) is 0 Å². The molecular weight excluding hydrogens is 328 g/mol. The van der Waals surface area contributed by atoms with Crippen LogP contribution in [0.15, 0.2) is 30.6 Å². The quantitative estimate of drug-likeness (QED) is 0.888. The Labute approximate surface area is 147 Å². The lowest BCUT2D eigenvalue weighted by atomic mass is 10.0. The predicted octanol–water partition coefficient (Wildman–Crippen LogP) is 1.69. The second kappa shape index (κ2) is 8.75. The summed E-state index contributed by atoms with van der Waals surface area (Å²) in [7, 11) is 0. The van der Waals surface area contributed by atoms with Crippen molar-refractivity contribution in [3.05, 3.63) is 36.2 Å². The molecule has 0 unspecified atom stereocenters. The van der Waals surface area contributed by atoms with Crippen LogP contribution in [-0.2, 0) is 0 Å². The Balaban J connectivity index is 0.00000208. The molecule has 3 rings (SSSR count). The van der Waals surface area contributed by atoms with Crippen LogP contribution in [0.1, 0.15) is 36.5 Å². The molecule has 0 bridgehead atoms. The van der Waals surface area contributed by atoms with Crippen LogP contribution >= 0.6 is 12.4 Å². The maximum Gasteiger partial charge on any atom is 0.254 e. The van der Waals surface area contributed by atoms with E-state index in [1.54, 1.807) is 4.68 Å². The third kappa shape index (κ3) is 4.10. The van der Waals surface area contributed by atoms with Gasteiger partial charge >= 0.3 is 0 Å². The number of tetrazole rings is 1. The second-order valence-corrected chi connectivity index (χ2v) is 5.78. The molecule has 1 fully saturated rings. The van der Waals surface area contributed by atoms with E-state index in [-0.39, 0.29) is 18.3 Å². The number of halogens is 1. The summed E-state index contributed by atoms with van der Waals surface area (Å²) in [5, 5.41) is 14.4. The smallest absolute Gasteiger partial charge is 0.254 e. The average molecular weight is 351 g/mol. The van der Waals surface area contributed by atoms with Gasteiger partial charge in [0.2, 0.25) is 0 Å². The Kier molecular flexibility index (Phi) is 6.69. The number of nitrogens with one attached hydrogen (secondary N) is 1. The first-order valence-electron chi connectivity index (χ1n) is 8.14. The highest BCUT2D eigenvalue weighted by Gasteiger charge is 2.25. The van der Waals surface area contributed by atoms with Crippen molar-refractivity contribution in [2.24, 2.45) is 0 Å². The Morgan fingerprint density at radius 1 is 1.29 bits per heavy atom. The van der Waals surface area contributed by atoms with E-state index in [9.17, 15) is 4.79 Å². The largest absolute Gasteiger partial charge is 0.336 e. The molecule has 7 nitrogen and oxygen atoms in total. The van der Waals surface area contributed by atoms with E-state index >= 15 is 0 Å². The van der Waals surface area contributed by atoms with Gasteiger partial charge in [-0.3, -0.25) is 4.79 Å². The molecule has 8 heteroatoms. The van der Waals surface area contributed by atoms with Gasteiger partial charge in [-0.2, -0.15) is 0 Å². The minimum absolute atomic E-state index is 0. The van der Waals surface area contributed by atoms with Crippen LogP contribution in [0.4, 0.5) is 0 Å². The van der Waals surface area contributed by atoms with Crippen LogP contribution in [0, 0.1) is 0 Å². The SMILES string of the molecule is CCCN(C(=O)c1ccc(-n2cnnn2)cc1)C1CCNCC1.Cl. The fourth-order valence-electron chi connectivity index (χ4n) is 3.01. The zero-order valence-corrected chi connectivity index (χ0v) is 14.6. The molecule has 0 radical (unpaired) electrons. The number of hydrogen-bond acceptors (Lipinski definition) is 5. The molecule has 0 saturated carbocycles. The number of piperidine rings is 1. The van der Waals surface area contributed by atoms with Crippen molar-refractivity contribution in [2.45, 2.75) is 32.2 Å². The molecule has 2 heterocycles. The topological polar surface area (TPSA) is 75.9 Å². The first-order valence-corrected chi connectivity index (χ1v) is 8.14. The Morgan fingerprint density at radius 2 is 2.00 bits per heavy atom. The minimum Gasteiger partial charge on any atom is -0.336 e. The highest BCUT2D eigenvalue weighted by atomic mass is 35.5. The molecule has 0 atom stereocenters. The van der Waals surface area contributed by atoms with Crippen LogP contribution < -0.4 is 5.32 Å². The third-order valence-electron chi connectivity index (χ3n) is 4.20. The summed E-state index contributed by atoms with van der Waals surface area (Å²) < 4.78 is 1.57. The Bertz CT molecular complexity index is 625. The fraction of sp³-hybridized carbons (Fsp3) is 0.500. The van der Waals surface area contributed by atoms with Gasteiger partial charge in [0.1, 0.15) is 6.33 Å². The third-order valence-corrected chi connectivity index (χ3v) is 4.20. The summed E-state index contributed by atoms with van der Waals surface area (Å²) in [6.45, 7) is 4.88. The zero-order chi connectivity index (χ0) is 16.1. The van der Waals surface area contributed by atoms with Crippen molar-refractivity contribution >= 4 is 18.3 Å². The maximum absolute atomic E-state index is 12.9. The summed E-state index contributed by atoms with van der Waals surface area (Å²) in [5.41, 5.74) is 1.56. The lowest BCUT2D eigenvalue weighted by Crippen LogP contribution is -2.46. The molecule has 24 heavy (non-hydrogen) atoms. The van der Waals surface area contributed by atoms with E-state index in [0.29, 0.717) is 11.6 Å². The van der Waals surface area contributed by atoms with Crippen LogP contribution in [0.5, 0.6) is 0 Å². The van der Waals surface area contributed by atoms with Gasteiger partial charge < -0.3 is 10.2 Å². The molecule has 1 aliphatic heterocycles. The monoisotopic (exact) mass is 350 g/mol. The first-order chi connectivity index (χ1) is 11.3. The summed E-state index contributed by atoms with van der Waals surface area (Å²) >= 11 is 0. The molecular formula is C16H23ClN6O. The number of rotatable bonds is 5. The molecule has 1 N–H and O–H groups in total. The standard InChI is InChI=1S/C16H22N6O.ClH/c1-2-11-21(14-7-9-17-10-8-14)16(23)13-3-5-15(6-4-13)22-12-18-19-20-22;/h3-6,12,14,17H,2,7-11H2,1H3;1H. The van der Waals surface area contributed by atoms with Crippen molar-refractivity contribution in [3.8, 4) is 5.69 Å². The first kappa shape index (κ1) is 18.4. The number of aromatic nitrogens is 4. The zero-order valence-electron chi connectivity index (χ0n) is 13.8. The van der Waals surface area contributed by atoms with E-state index in [4.69, 9.17) is 0 Å². The van der Waals surface area contributed by atoms with Gasteiger partial charge in [-0.05, 0) is 67.0 Å². The molecule has 130 valence electrons. The summed E-state index contributed by atoms with van der Waals surface area (Å²) in [6.07, 6.45) is 4.55. The molecule has 2 aromatic rings. The average Bonchev–Trinajstić information content (AvgIpc) is 3.15. The van der Waals surface area contributed by atoms with Gasteiger partial charge in [0.15, 0.2) is 0 Å². The summed E-state index contributed by atoms with van der Waals surface area (Å²) in [5.74, 6) is 0.113. The molecule has 1 aromatic heterocycles. The second-order valence-electron chi connectivity index (χ2n) is 5.78. The van der Waals surface area contributed by atoms with E-state index in [1.807, 2.05) is 29.2 Å². The van der Waals surface area contributed by atoms with Crippen LogP contribution in [0.3, 0.4) is 0 Å². The molecule has 1 amide bonds.